The molecule has 1 N–H and O–H groups in total. The summed E-state index contributed by atoms with van der Waals surface area (Å²) in [6.07, 6.45) is 3.63. The average molecular weight is 369 g/mol. The fraction of sp³-hybridized carbons (Fsp3) is 0.333. The molecule has 4 nitrogen and oxygen atoms in total. The van der Waals surface area contributed by atoms with E-state index in [0.717, 1.165) is 23.3 Å². The highest BCUT2D eigenvalue weighted by atomic mass is 32.2. The number of benzene rings is 2. The minimum absolute atomic E-state index is 0.0896. The Morgan fingerprint density at radius 3 is 2.65 bits per heavy atom. The van der Waals surface area contributed by atoms with Crippen molar-refractivity contribution in [3.8, 4) is 0 Å². The van der Waals surface area contributed by atoms with Crippen LogP contribution in [0.25, 0.3) is 0 Å². The van der Waals surface area contributed by atoms with Crippen LogP contribution in [0.15, 0.2) is 53.4 Å². The predicted octanol–water partition coefficient (Wildman–Crippen LogP) is 3.69. The molecule has 0 aliphatic heterocycles. The molecule has 5 heteroatoms. The van der Waals surface area contributed by atoms with Crippen LogP contribution in [-0.4, -0.2) is 24.7 Å². The molecule has 0 saturated carbocycles. The molecule has 0 bridgehead atoms. The van der Waals surface area contributed by atoms with Crippen molar-refractivity contribution in [2.75, 3.05) is 12.9 Å². The third kappa shape index (κ3) is 4.88. The number of thioether (sulfide) groups is 1. The molecule has 0 fully saturated rings. The van der Waals surface area contributed by atoms with Crippen LogP contribution in [0.3, 0.4) is 0 Å². The summed E-state index contributed by atoms with van der Waals surface area (Å²) in [5.74, 6) is -0.109. The standard InChI is InChI=1S/C21H23NO3S/c1-25-21(24)13-19(16-6-3-2-4-7-16)22-20(23)14-26-18-11-10-15-8-5-9-17(15)12-18/h2-4,6-7,10-12,19H,5,8-9,13-14H2,1H3,(H,22,23). The van der Waals surface area contributed by atoms with Gasteiger partial charge in [0.1, 0.15) is 0 Å². The van der Waals surface area contributed by atoms with Crippen LogP contribution in [0.2, 0.25) is 0 Å². The van der Waals surface area contributed by atoms with E-state index in [0.29, 0.717) is 5.75 Å². The van der Waals surface area contributed by atoms with Gasteiger partial charge < -0.3 is 10.1 Å². The van der Waals surface area contributed by atoms with Crippen molar-refractivity contribution in [3.05, 3.63) is 65.2 Å². The van der Waals surface area contributed by atoms with E-state index >= 15 is 0 Å². The summed E-state index contributed by atoms with van der Waals surface area (Å²) in [7, 11) is 1.36. The number of carbonyl (C=O) groups excluding carboxylic acids is 2. The van der Waals surface area contributed by atoms with Crippen molar-refractivity contribution in [2.45, 2.75) is 36.6 Å². The Kier molecular flexibility index (Phi) is 6.34. The van der Waals surface area contributed by atoms with Crippen molar-refractivity contribution in [2.24, 2.45) is 0 Å². The minimum Gasteiger partial charge on any atom is -0.469 e. The minimum atomic E-state index is -0.378. The number of fused-ring (bicyclic) bond motifs is 1. The lowest BCUT2D eigenvalue weighted by Crippen LogP contribution is -2.31. The van der Waals surface area contributed by atoms with E-state index in [1.165, 1.54) is 36.4 Å². The summed E-state index contributed by atoms with van der Waals surface area (Å²) >= 11 is 1.53. The number of nitrogens with one attached hydrogen (secondary N) is 1. The fourth-order valence-corrected chi connectivity index (χ4v) is 3.98. The molecule has 0 heterocycles. The number of rotatable bonds is 7. The van der Waals surface area contributed by atoms with Gasteiger partial charge in [-0.25, -0.2) is 0 Å². The zero-order valence-corrected chi connectivity index (χ0v) is 15.7. The van der Waals surface area contributed by atoms with E-state index in [9.17, 15) is 9.59 Å². The van der Waals surface area contributed by atoms with E-state index in [1.54, 1.807) is 0 Å². The first-order chi connectivity index (χ1) is 12.7. The maximum absolute atomic E-state index is 12.4. The van der Waals surface area contributed by atoms with Crippen molar-refractivity contribution >= 4 is 23.6 Å². The highest BCUT2D eigenvalue weighted by Gasteiger charge is 2.19. The van der Waals surface area contributed by atoms with Gasteiger partial charge in [0.15, 0.2) is 0 Å². The van der Waals surface area contributed by atoms with E-state index < -0.39 is 0 Å². The molecule has 3 rings (SSSR count). The summed E-state index contributed by atoms with van der Waals surface area (Å²) in [5, 5.41) is 2.96. The molecule has 1 aliphatic carbocycles. The summed E-state index contributed by atoms with van der Waals surface area (Å²) in [6, 6.07) is 15.6. The van der Waals surface area contributed by atoms with E-state index in [1.807, 2.05) is 30.3 Å². The summed E-state index contributed by atoms with van der Waals surface area (Å²) in [4.78, 5) is 25.2. The Morgan fingerprint density at radius 1 is 1.12 bits per heavy atom. The summed E-state index contributed by atoms with van der Waals surface area (Å²) < 4.78 is 4.76. The first kappa shape index (κ1) is 18.5. The number of ether oxygens (including phenoxy) is 1. The van der Waals surface area contributed by atoms with E-state index in [2.05, 4.69) is 23.5 Å². The van der Waals surface area contributed by atoms with Crippen LogP contribution in [0.5, 0.6) is 0 Å². The quantitative estimate of drug-likeness (QED) is 0.597. The lowest BCUT2D eigenvalue weighted by molar-refractivity contribution is -0.141. The van der Waals surface area contributed by atoms with Crippen LogP contribution >= 0.6 is 11.8 Å². The highest BCUT2D eigenvalue weighted by molar-refractivity contribution is 8.00. The molecule has 1 aliphatic rings. The van der Waals surface area contributed by atoms with Gasteiger partial charge in [0, 0.05) is 4.90 Å². The number of aryl methyl sites for hydroxylation is 2. The second-order valence-electron chi connectivity index (χ2n) is 6.38. The molecule has 1 unspecified atom stereocenters. The number of carbonyl (C=O) groups is 2. The second-order valence-corrected chi connectivity index (χ2v) is 7.43. The normalized spacial score (nSPS) is 13.7. The molecular weight excluding hydrogens is 346 g/mol. The molecule has 2 aromatic rings. The third-order valence-corrected chi connectivity index (χ3v) is 5.57. The molecule has 1 atom stereocenters. The molecule has 1 amide bonds. The topological polar surface area (TPSA) is 55.4 Å². The molecule has 0 saturated heterocycles. The van der Waals surface area contributed by atoms with Gasteiger partial charge in [0.05, 0.1) is 25.3 Å². The summed E-state index contributed by atoms with van der Waals surface area (Å²) in [5.41, 5.74) is 3.73. The molecule has 0 aromatic heterocycles. The Morgan fingerprint density at radius 2 is 1.88 bits per heavy atom. The molecule has 26 heavy (non-hydrogen) atoms. The number of amides is 1. The largest absolute Gasteiger partial charge is 0.469 e. The molecular formula is C21H23NO3S. The van der Waals surface area contributed by atoms with E-state index in [4.69, 9.17) is 4.74 Å². The Bertz CT molecular complexity index is 776. The fourth-order valence-electron chi connectivity index (χ4n) is 3.21. The Hall–Kier alpha value is -2.27. The van der Waals surface area contributed by atoms with Gasteiger partial charge in [-0.05, 0) is 48.1 Å². The van der Waals surface area contributed by atoms with Crippen LogP contribution in [0, 0.1) is 0 Å². The first-order valence-corrected chi connectivity index (χ1v) is 9.80. The molecule has 0 spiro atoms. The number of esters is 1. The summed E-state index contributed by atoms with van der Waals surface area (Å²) in [6.45, 7) is 0. The van der Waals surface area contributed by atoms with Crippen molar-refractivity contribution in [3.63, 3.8) is 0 Å². The van der Waals surface area contributed by atoms with Crippen LogP contribution in [0.4, 0.5) is 0 Å². The first-order valence-electron chi connectivity index (χ1n) is 8.81. The molecule has 136 valence electrons. The predicted molar refractivity (Wildman–Crippen MR) is 103 cm³/mol. The average Bonchev–Trinajstić information content (AvgIpc) is 3.14. The van der Waals surface area contributed by atoms with E-state index in [-0.39, 0.29) is 24.3 Å². The maximum atomic E-state index is 12.4. The zero-order valence-electron chi connectivity index (χ0n) is 14.9. The molecule has 2 aromatic carbocycles. The second kappa shape index (κ2) is 8.90. The van der Waals surface area contributed by atoms with Gasteiger partial charge in [-0.3, -0.25) is 9.59 Å². The zero-order chi connectivity index (χ0) is 18.4. The van der Waals surface area contributed by atoms with Gasteiger partial charge in [-0.1, -0.05) is 36.4 Å². The lowest BCUT2D eigenvalue weighted by Gasteiger charge is -2.18. The van der Waals surface area contributed by atoms with Gasteiger partial charge in [0.25, 0.3) is 0 Å². The Labute approximate surface area is 158 Å². The van der Waals surface area contributed by atoms with Crippen LogP contribution in [0.1, 0.15) is 35.6 Å². The van der Waals surface area contributed by atoms with Crippen molar-refractivity contribution in [1.29, 1.82) is 0 Å². The van der Waals surface area contributed by atoms with Gasteiger partial charge in [-0.15, -0.1) is 11.8 Å². The van der Waals surface area contributed by atoms with Gasteiger partial charge in [-0.2, -0.15) is 0 Å². The Balaban J connectivity index is 1.59. The monoisotopic (exact) mass is 369 g/mol. The van der Waals surface area contributed by atoms with Crippen molar-refractivity contribution in [1.82, 2.24) is 5.32 Å². The SMILES string of the molecule is COC(=O)CC(NC(=O)CSc1ccc2c(c1)CCC2)c1ccccc1. The molecule has 0 radical (unpaired) electrons. The van der Waals surface area contributed by atoms with Crippen molar-refractivity contribution < 1.29 is 14.3 Å². The number of methoxy groups -OCH3 is 1. The number of hydrogen-bond acceptors (Lipinski definition) is 4. The number of hydrogen-bond donors (Lipinski definition) is 1. The van der Waals surface area contributed by atoms with Gasteiger partial charge >= 0.3 is 5.97 Å². The van der Waals surface area contributed by atoms with Crippen LogP contribution < -0.4 is 5.32 Å². The van der Waals surface area contributed by atoms with Crippen LogP contribution in [-0.2, 0) is 27.2 Å². The smallest absolute Gasteiger partial charge is 0.307 e. The highest BCUT2D eigenvalue weighted by Crippen LogP contribution is 2.27. The third-order valence-electron chi connectivity index (χ3n) is 4.58. The van der Waals surface area contributed by atoms with Gasteiger partial charge in [0.2, 0.25) is 5.91 Å². The lowest BCUT2D eigenvalue weighted by atomic mass is 10.0. The maximum Gasteiger partial charge on any atom is 0.307 e.